The summed E-state index contributed by atoms with van der Waals surface area (Å²) in [5, 5.41) is 62.0. The Kier molecular flexibility index (Phi) is 9.96. The van der Waals surface area contributed by atoms with Gasteiger partial charge in [-0.1, -0.05) is 6.08 Å². The number of carbonyl (C=O) groups is 2. The number of esters is 1. The fourth-order valence-electron chi connectivity index (χ4n) is 7.01. The highest BCUT2D eigenvalue weighted by atomic mass is 16.8. The van der Waals surface area contributed by atoms with Crippen LogP contribution in [0.15, 0.2) is 54.8 Å². The second-order valence-corrected chi connectivity index (χ2v) is 12.4. The van der Waals surface area contributed by atoms with E-state index in [1.165, 1.54) is 50.8 Å². The summed E-state index contributed by atoms with van der Waals surface area (Å²) in [6.07, 6.45) is -2.87. The van der Waals surface area contributed by atoms with Crippen LogP contribution in [0.3, 0.4) is 0 Å². The molecule has 1 amide bonds. The van der Waals surface area contributed by atoms with Gasteiger partial charge in [-0.15, -0.1) is 6.58 Å². The molecule has 15 heteroatoms. The summed E-state index contributed by atoms with van der Waals surface area (Å²) >= 11 is 0. The third kappa shape index (κ3) is 6.33. The molecule has 0 saturated carbocycles. The molecule has 9 atom stereocenters. The fourth-order valence-corrected chi connectivity index (χ4v) is 7.01. The number of ether oxygens (including phenoxy) is 6. The molecule has 50 heavy (non-hydrogen) atoms. The number of phenols is 3. The predicted octanol–water partition coefficient (Wildman–Crippen LogP) is 1.39. The Morgan fingerprint density at radius 3 is 2.40 bits per heavy atom. The molecule has 15 nitrogen and oxygen atoms in total. The third-order valence-electron chi connectivity index (χ3n) is 9.62. The third-order valence-corrected chi connectivity index (χ3v) is 9.62. The molecule has 6 rings (SSSR count). The Hall–Kier alpha value is -4.80. The Morgan fingerprint density at radius 1 is 1.04 bits per heavy atom. The summed E-state index contributed by atoms with van der Waals surface area (Å²) in [5.74, 6) is -2.92. The molecule has 268 valence electrons. The highest BCUT2D eigenvalue weighted by molar-refractivity contribution is 5.95. The van der Waals surface area contributed by atoms with Crippen LogP contribution in [0.25, 0.3) is 6.08 Å². The van der Waals surface area contributed by atoms with Gasteiger partial charge in [0.2, 0.25) is 18.3 Å². The van der Waals surface area contributed by atoms with Gasteiger partial charge in [-0.3, -0.25) is 4.79 Å². The second kappa shape index (κ2) is 14.2. The Labute approximate surface area is 286 Å². The number of aliphatic hydroxyl groups is 3. The van der Waals surface area contributed by atoms with E-state index in [9.17, 15) is 40.2 Å². The van der Waals surface area contributed by atoms with Crippen molar-refractivity contribution in [2.24, 2.45) is 11.8 Å². The minimum atomic E-state index is -1.75. The van der Waals surface area contributed by atoms with Gasteiger partial charge in [-0.25, -0.2) is 4.79 Å². The maximum absolute atomic E-state index is 13.7. The molecule has 4 aliphatic rings. The topological polar surface area (TPSA) is 214 Å². The van der Waals surface area contributed by atoms with Gasteiger partial charge in [0, 0.05) is 24.5 Å². The van der Waals surface area contributed by atoms with E-state index in [1.54, 1.807) is 11.0 Å². The molecule has 2 aromatic carbocycles. The minimum Gasteiger partial charge on any atom is -0.504 e. The Balaban J connectivity index is 1.23. The van der Waals surface area contributed by atoms with Gasteiger partial charge in [0.1, 0.15) is 18.3 Å². The van der Waals surface area contributed by atoms with Gasteiger partial charge in [0.25, 0.3) is 5.91 Å². The van der Waals surface area contributed by atoms with Crippen LogP contribution in [0.5, 0.6) is 28.7 Å². The molecule has 4 aliphatic heterocycles. The molecular weight excluding hydrogens is 658 g/mol. The molecule has 0 bridgehead atoms. The lowest BCUT2D eigenvalue weighted by molar-refractivity contribution is -0.340. The first-order valence-corrected chi connectivity index (χ1v) is 15.9. The maximum atomic E-state index is 13.7. The quantitative estimate of drug-likeness (QED) is 0.0946. The van der Waals surface area contributed by atoms with Crippen LogP contribution < -0.4 is 9.47 Å². The summed E-state index contributed by atoms with van der Waals surface area (Å²) in [5.41, 5.74) is 2.33. The average molecular weight is 698 g/mol. The monoisotopic (exact) mass is 697 g/mol. The zero-order valence-electron chi connectivity index (χ0n) is 27.2. The van der Waals surface area contributed by atoms with Gasteiger partial charge in [0.05, 0.1) is 38.7 Å². The summed E-state index contributed by atoms with van der Waals surface area (Å²) < 4.78 is 33.6. The van der Waals surface area contributed by atoms with E-state index in [0.717, 1.165) is 11.6 Å². The SMILES string of the molecule is C=C[C@H]1[C@H](O[C@@H]2O[C@H](CO)[C@@H](O)[C@H](O)[C@H]2OC(=O)/C=C/c2cc(OC)c(O)c(OC)c2)OC=C2C(=O)N3CCc4cc(O)c(O)cc4[C@H]3C[C@H]21. The number of nitrogens with zero attached hydrogens (tertiary/aromatic N) is 1. The van der Waals surface area contributed by atoms with Crippen LogP contribution in [0.4, 0.5) is 0 Å². The number of aromatic hydroxyl groups is 3. The summed E-state index contributed by atoms with van der Waals surface area (Å²) in [6, 6.07) is 5.46. The average Bonchev–Trinajstić information content (AvgIpc) is 3.11. The molecule has 6 N–H and O–H groups in total. The number of benzene rings is 2. The molecule has 4 heterocycles. The van der Waals surface area contributed by atoms with E-state index in [4.69, 9.17) is 28.4 Å². The number of methoxy groups -OCH3 is 2. The fraction of sp³-hybridized carbons (Fsp3) is 0.429. The number of piperidine rings is 1. The van der Waals surface area contributed by atoms with Crippen LogP contribution in [-0.2, 0) is 35.0 Å². The zero-order valence-corrected chi connectivity index (χ0v) is 27.2. The zero-order chi connectivity index (χ0) is 35.9. The first-order valence-electron chi connectivity index (χ1n) is 15.9. The number of amides is 1. The van der Waals surface area contributed by atoms with E-state index in [-0.39, 0.29) is 34.7 Å². The predicted molar refractivity (Wildman–Crippen MR) is 172 cm³/mol. The maximum Gasteiger partial charge on any atom is 0.331 e. The Morgan fingerprint density at radius 2 is 1.74 bits per heavy atom. The number of carbonyl (C=O) groups excluding carboxylic acids is 2. The van der Waals surface area contributed by atoms with Gasteiger partial charge in [-0.2, -0.15) is 0 Å². The van der Waals surface area contributed by atoms with E-state index in [0.29, 0.717) is 36.1 Å². The summed E-state index contributed by atoms with van der Waals surface area (Å²) in [7, 11) is 2.70. The smallest absolute Gasteiger partial charge is 0.331 e. The Bertz CT molecular complexity index is 1680. The number of rotatable bonds is 9. The molecule has 0 aromatic heterocycles. The molecule has 0 spiro atoms. The van der Waals surface area contributed by atoms with E-state index < -0.39 is 67.4 Å². The second-order valence-electron chi connectivity index (χ2n) is 12.4. The minimum absolute atomic E-state index is 0.0964. The van der Waals surface area contributed by atoms with Crippen molar-refractivity contribution in [3.05, 3.63) is 71.5 Å². The molecule has 2 aromatic rings. The van der Waals surface area contributed by atoms with Crippen molar-refractivity contribution in [1.82, 2.24) is 4.90 Å². The van der Waals surface area contributed by atoms with Gasteiger partial charge < -0.3 is 64.0 Å². The lowest BCUT2D eigenvalue weighted by Crippen LogP contribution is -2.61. The molecule has 0 aliphatic carbocycles. The highest BCUT2D eigenvalue weighted by Gasteiger charge is 2.52. The van der Waals surface area contributed by atoms with Crippen LogP contribution in [0.1, 0.15) is 29.2 Å². The van der Waals surface area contributed by atoms with Crippen LogP contribution in [0, 0.1) is 11.8 Å². The van der Waals surface area contributed by atoms with Gasteiger partial charge in [-0.05, 0) is 59.9 Å². The standard InChI is InChI=1S/C35H39NO14/c1-4-18-20-12-22-19-13-24(39)23(38)11-17(19)7-8-36(22)33(44)21(20)15-47-34(18)50-35-32(31(43)30(42)27(14-37)48-35)49-28(40)6-5-16-9-25(45-2)29(41)26(10-16)46-3/h4-6,9-11,13,15,18,20,22,27,30-32,34-35,37-39,41-43H,1,7-8,12,14H2,2-3H3/b6-5+/t18-,20+,22-,27-,30-,31+,32-,34+,35+/m1/s1. The van der Waals surface area contributed by atoms with Crippen molar-refractivity contribution in [2.45, 2.75) is 55.9 Å². The van der Waals surface area contributed by atoms with Crippen molar-refractivity contribution in [2.75, 3.05) is 27.4 Å². The van der Waals surface area contributed by atoms with Crippen LogP contribution >= 0.6 is 0 Å². The summed E-state index contributed by atoms with van der Waals surface area (Å²) in [6.45, 7) is 3.65. The number of hydrogen-bond donors (Lipinski definition) is 6. The van der Waals surface area contributed by atoms with Crippen molar-refractivity contribution in [1.29, 1.82) is 0 Å². The van der Waals surface area contributed by atoms with Crippen LogP contribution in [-0.4, -0.2) is 112 Å². The van der Waals surface area contributed by atoms with E-state index in [2.05, 4.69) is 6.58 Å². The van der Waals surface area contributed by atoms with Crippen molar-refractivity contribution < 1.29 is 68.6 Å². The number of hydrogen-bond acceptors (Lipinski definition) is 14. The number of phenolic OH excluding ortho intramolecular Hbond substituents is 3. The van der Waals surface area contributed by atoms with Gasteiger partial charge >= 0.3 is 5.97 Å². The normalized spacial score (nSPS) is 30.3. The molecular formula is C35H39NO14. The number of fused-ring (bicyclic) bond motifs is 4. The lowest BCUT2D eigenvalue weighted by Gasteiger charge is -2.49. The summed E-state index contributed by atoms with van der Waals surface area (Å²) in [4.78, 5) is 28.4. The van der Waals surface area contributed by atoms with Gasteiger partial charge in [0.15, 0.2) is 29.1 Å². The largest absolute Gasteiger partial charge is 0.504 e. The molecule has 2 fully saturated rings. The highest BCUT2D eigenvalue weighted by Crippen LogP contribution is 2.49. The van der Waals surface area contributed by atoms with Crippen molar-refractivity contribution in [3.8, 4) is 28.7 Å². The first-order chi connectivity index (χ1) is 24.0. The van der Waals surface area contributed by atoms with Crippen molar-refractivity contribution >= 4 is 18.0 Å². The molecule has 2 saturated heterocycles. The van der Waals surface area contributed by atoms with Crippen LogP contribution in [0.2, 0.25) is 0 Å². The lowest BCUT2D eigenvalue weighted by atomic mass is 9.73. The number of aliphatic hydroxyl groups excluding tert-OH is 3. The van der Waals surface area contributed by atoms with E-state index in [1.807, 2.05) is 0 Å². The molecule has 0 unspecified atom stereocenters. The van der Waals surface area contributed by atoms with E-state index >= 15 is 0 Å². The van der Waals surface area contributed by atoms with Crippen molar-refractivity contribution in [3.63, 3.8) is 0 Å². The first kappa shape index (κ1) is 35.0. The molecule has 0 radical (unpaired) electrons.